The van der Waals surface area contributed by atoms with Crippen molar-refractivity contribution in [1.82, 2.24) is 0 Å². The summed E-state index contributed by atoms with van der Waals surface area (Å²) in [6, 6.07) is 0. The van der Waals surface area contributed by atoms with E-state index in [2.05, 4.69) is 0 Å². The summed E-state index contributed by atoms with van der Waals surface area (Å²) in [5, 5.41) is 8.78. The molecular formula is C10H16O3. The molecule has 3 nitrogen and oxygen atoms in total. The average Bonchev–Trinajstić information content (AvgIpc) is 1.75. The van der Waals surface area contributed by atoms with Gasteiger partial charge in [-0.3, -0.25) is 4.79 Å². The molecule has 1 heterocycles. The maximum atomic E-state index is 10.7. The zero-order chi connectivity index (χ0) is 9.26. The third-order valence-corrected chi connectivity index (χ3v) is 3.44. The highest BCUT2D eigenvalue weighted by atomic mass is 16.5. The monoisotopic (exact) mass is 184 g/mol. The van der Waals surface area contributed by atoms with Gasteiger partial charge in [0.1, 0.15) is 0 Å². The molecule has 0 aromatic rings. The Balaban J connectivity index is 1.88. The molecule has 1 saturated carbocycles. The lowest BCUT2D eigenvalue weighted by molar-refractivity contribution is -0.143. The van der Waals surface area contributed by atoms with Gasteiger partial charge in [0.05, 0.1) is 13.2 Å². The predicted molar refractivity (Wildman–Crippen MR) is 47.4 cm³/mol. The lowest BCUT2D eigenvalue weighted by Gasteiger charge is -2.41. The molecule has 2 rings (SSSR count). The lowest BCUT2D eigenvalue weighted by Crippen LogP contribution is -2.41. The van der Waals surface area contributed by atoms with Crippen LogP contribution in [0.15, 0.2) is 0 Å². The number of hydrogen-bond acceptors (Lipinski definition) is 2. The van der Waals surface area contributed by atoms with E-state index in [4.69, 9.17) is 9.84 Å². The van der Waals surface area contributed by atoms with E-state index >= 15 is 0 Å². The first-order valence-corrected chi connectivity index (χ1v) is 5.07. The Labute approximate surface area is 78.1 Å². The second-order valence-corrected chi connectivity index (χ2v) is 4.25. The van der Waals surface area contributed by atoms with Gasteiger partial charge in [0.2, 0.25) is 0 Å². The molecule has 2 aliphatic rings. The van der Waals surface area contributed by atoms with Gasteiger partial charge in [-0.2, -0.15) is 0 Å². The van der Waals surface area contributed by atoms with Crippen LogP contribution in [0.1, 0.15) is 25.7 Å². The summed E-state index contributed by atoms with van der Waals surface area (Å²) in [6.45, 7) is 1.57. The smallest absolute Gasteiger partial charge is 0.303 e. The summed E-state index contributed by atoms with van der Waals surface area (Å²) in [7, 11) is 0. The van der Waals surface area contributed by atoms with Gasteiger partial charge in [0.25, 0.3) is 0 Å². The SMILES string of the molecule is O=C(O)CC(C1CCC1)C1COC1. The topological polar surface area (TPSA) is 46.5 Å². The van der Waals surface area contributed by atoms with Crippen molar-refractivity contribution >= 4 is 5.97 Å². The maximum Gasteiger partial charge on any atom is 0.303 e. The fourth-order valence-electron chi connectivity index (χ4n) is 2.29. The molecule has 13 heavy (non-hydrogen) atoms. The molecule has 74 valence electrons. The van der Waals surface area contributed by atoms with Crippen LogP contribution < -0.4 is 0 Å². The molecule has 0 bridgehead atoms. The number of ether oxygens (including phenoxy) is 1. The van der Waals surface area contributed by atoms with Gasteiger partial charge in [-0.15, -0.1) is 0 Å². The largest absolute Gasteiger partial charge is 0.481 e. The van der Waals surface area contributed by atoms with Crippen molar-refractivity contribution in [3.63, 3.8) is 0 Å². The number of carbonyl (C=O) groups is 1. The number of carboxylic acids is 1. The summed E-state index contributed by atoms with van der Waals surface area (Å²) >= 11 is 0. The van der Waals surface area contributed by atoms with Crippen LogP contribution in [0, 0.1) is 17.8 Å². The molecule has 3 heteroatoms. The van der Waals surface area contributed by atoms with Gasteiger partial charge in [-0.1, -0.05) is 19.3 Å². The fourth-order valence-corrected chi connectivity index (χ4v) is 2.29. The van der Waals surface area contributed by atoms with E-state index in [1.165, 1.54) is 19.3 Å². The van der Waals surface area contributed by atoms with Gasteiger partial charge < -0.3 is 9.84 Å². The molecule has 1 saturated heterocycles. The standard InChI is InChI=1S/C10H16O3/c11-10(12)4-9(7-2-1-3-7)8-5-13-6-8/h7-9H,1-6H2,(H,11,12). The Morgan fingerprint density at radius 2 is 2.08 bits per heavy atom. The van der Waals surface area contributed by atoms with Gasteiger partial charge in [-0.05, 0) is 11.8 Å². The van der Waals surface area contributed by atoms with Crippen LogP contribution in [0.3, 0.4) is 0 Å². The zero-order valence-corrected chi connectivity index (χ0v) is 7.74. The summed E-state index contributed by atoms with van der Waals surface area (Å²) < 4.78 is 5.12. The number of aliphatic carboxylic acids is 1. The minimum absolute atomic E-state index is 0.346. The quantitative estimate of drug-likeness (QED) is 0.720. The van der Waals surface area contributed by atoms with Crippen molar-refractivity contribution < 1.29 is 14.6 Å². The minimum atomic E-state index is -0.649. The summed E-state index contributed by atoms with van der Waals surface area (Å²) in [4.78, 5) is 10.7. The van der Waals surface area contributed by atoms with Crippen molar-refractivity contribution in [1.29, 1.82) is 0 Å². The molecule has 2 fully saturated rings. The predicted octanol–water partition coefficient (Wildman–Crippen LogP) is 1.52. The molecule has 0 spiro atoms. The Morgan fingerprint density at radius 3 is 2.38 bits per heavy atom. The van der Waals surface area contributed by atoms with E-state index in [0.29, 0.717) is 24.2 Å². The van der Waals surface area contributed by atoms with Crippen LogP contribution in [0.25, 0.3) is 0 Å². The molecule has 0 aromatic heterocycles. The van der Waals surface area contributed by atoms with Gasteiger partial charge >= 0.3 is 5.97 Å². The van der Waals surface area contributed by atoms with Crippen molar-refractivity contribution in [3.8, 4) is 0 Å². The first kappa shape index (κ1) is 9.00. The molecule has 1 aliphatic carbocycles. The molecule has 1 atom stereocenters. The Kier molecular flexibility index (Phi) is 2.54. The van der Waals surface area contributed by atoms with E-state index in [9.17, 15) is 4.79 Å². The average molecular weight is 184 g/mol. The Morgan fingerprint density at radius 1 is 1.38 bits per heavy atom. The van der Waals surface area contributed by atoms with Gasteiger partial charge in [0, 0.05) is 12.3 Å². The van der Waals surface area contributed by atoms with E-state index < -0.39 is 5.97 Å². The maximum absolute atomic E-state index is 10.7. The van der Waals surface area contributed by atoms with Crippen LogP contribution in [0.2, 0.25) is 0 Å². The van der Waals surface area contributed by atoms with Crippen molar-refractivity contribution in [2.24, 2.45) is 17.8 Å². The number of hydrogen-bond donors (Lipinski definition) is 1. The molecule has 0 radical (unpaired) electrons. The summed E-state index contributed by atoms with van der Waals surface area (Å²) in [6.07, 6.45) is 4.09. The van der Waals surface area contributed by atoms with Crippen molar-refractivity contribution in [2.45, 2.75) is 25.7 Å². The van der Waals surface area contributed by atoms with Crippen molar-refractivity contribution in [3.05, 3.63) is 0 Å². The first-order valence-electron chi connectivity index (χ1n) is 5.07. The van der Waals surface area contributed by atoms with Crippen LogP contribution >= 0.6 is 0 Å². The second kappa shape index (κ2) is 3.66. The van der Waals surface area contributed by atoms with Gasteiger partial charge in [-0.25, -0.2) is 0 Å². The van der Waals surface area contributed by atoms with E-state index in [1.807, 2.05) is 0 Å². The highest BCUT2D eigenvalue weighted by Gasteiger charge is 2.37. The molecule has 1 aliphatic heterocycles. The summed E-state index contributed by atoms with van der Waals surface area (Å²) in [5.74, 6) is 0.940. The van der Waals surface area contributed by atoms with Gasteiger partial charge in [0.15, 0.2) is 0 Å². The Bertz CT molecular complexity index is 180. The number of rotatable bonds is 4. The van der Waals surface area contributed by atoms with E-state index in [0.717, 1.165) is 13.2 Å². The minimum Gasteiger partial charge on any atom is -0.481 e. The first-order chi connectivity index (χ1) is 6.27. The molecule has 0 amide bonds. The highest BCUT2D eigenvalue weighted by Crippen LogP contribution is 2.41. The fraction of sp³-hybridized carbons (Fsp3) is 0.900. The van der Waals surface area contributed by atoms with Crippen LogP contribution in [0.4, 0.5) is 0 Å². The van der Waals surface area contributed by atoms with Crippen LogP contribution in [-0.4, -0.2) is 24.3 Å². The lowest BCUT2D eigenvalue weighted by atomic mass is 9.68. The molecular weight excluding hydrogens is 168 g/mol. The normalized spacial score (nSPS) is 26.2. The molecule has 1 unspecified atom stereocenters. The highest BCUT2D eigenvalue weighted by molar-refractivity contribution is 5.67. The third kappa shape index (κ3) is 1.85. The second-order valence-electron chi connectivity index (χ2n) is 4.25. The van der Waals surface area contributed by atoms with Crippen molar-refractivity contribution in [2.75, 3.05) is 13.2 Å². The third-order valence-electron chi connectivity index (χ3n) is 3.44. The molecule has 1 N–H and O–H groups in total. The van der Waals surface area contributed by atoms with E-state index in [1.54, 1.807) is 0 Å². The van der Waals surface area contributed by atoms with Crippen LogP contribution in [0.5, 0.6) is 0 Å². The summed E-state index contributed by atoms with van der Waals surface area (Å²) in [5.41, 5.74) is 0. The number of carboxylic acid groups (broad SMARTS) is 1. The molecule has 0 aromatic carbocycles. The van der Waals surface area contributed by atoms with Crippen LogP contribution in [-0.2, 0) is 9.53 Å². The Hall–Kier alpha value is -0.570. The van der Waals surface area contributed by atoms with E-state index in [-0.39, 0.29) is 0 Å². The zero-order valence-electron chi connectivity index (χ0n) is 7.74.